The van der Waals surface area contributed by atoms with Crippen LogP contribution in [-0.4, -0.2) is 37.7 Å². The van der Waals surface area contributed by atoms with Crippen LogP contribution in [0.2, 0.25) is 5.02 Å². The van der Waals surface area contributed by atoms with E-state index >= 15 is 0 Å². The van der Waals surface area contributed by atoms with Crippen molar-refractivity contribution >= 4 is 44.0 Å². The quantitative estimate of drug-likeness (QED) is 0.584. The van der Waals surface area contributed by atoms with Crippen LogP contribution in [0.1, 0.15) is 27.0 Å². The molecule has 0 fully saturated rings. The van der Waals surface area contributed by atoms with Crippen molar-refractivity contribution in [3.05, 3.63) is 63.0 Å². The minimum Gasteiger partial charge on any atom is -0.298 e. The second-order valence-corrected chi connectivity index (χ2v) is 10.6. The Morgan fingerprint density at radius 2 is 1.73 bits per heavy atom. The summed E-state index contributed by atoms with van der Waals surface area (Å²) in [5.74, 6) is -0.459. The lowest BCUT2D eigenvalue weighted by atomic mass is 9.99. The van der Waals surface area contributed by atoms with Gasteiger partial charge < -0.3 is 0 Å². The Morgan fingerprint density at radius 3 is 2.40 bits per heavy atom. The largest absolute Gasteiger partial charge is 0.298 e. The molecule has 6 nitrogen and oxygen atoms in total. The third kappa shape index (κ3) is 4.41. The zero-order chi connectivity index (χ0) is 22.2. The van der Waals surface area contributed by atoms with Crippen molar-refractivity contribution < 1.29 is 13.2 Å². The van der Waals surface area contributed by atoms with Gasteiger partial charge in [-0.15, -0.1) is 11.3 Å². The maximum atomic E-state index is 12.7. The van der Waals surface area contributed by atoms with Gasteiger partial charge in [-0.1, -0.05) is 17.7 Å². The number of nitrogens with one attached hydrogen (secondary N) is 1. The Bertz CT molecular complexity index is 1230. The topological polar surface area (TPSA) is 79.4 Å². The zero-order valence-electron chi connectivity index (χ0n) is 17.3. The molecule has 1 N–H and O–H groups in total. The summed E-state index contributed by atoms with van der Waals surface area (Å²) in [6.07, 6.45) is 0. The van der Waals surface area contributed by atoms with Crippen molar-refractivity contribution in [1.82, 2.24) is 9.29 Å². The van der Waals surface area contributed by atoms with Crippen molar-refractivity contribution in [3.8, 4) is 11.3 Å². The first-order chi connectivity index (χ1) is 14.0. The van der Waals surface area contributed by atoms with E-state index in [1.807, 2.05) is 19.2 Å². The van der Waals surface area contributed by atoms with Crippen molar-refractivity contribution in [1.29, 1.82) is 0 Å². The number of hydrogen-bond donors (Lipinski definition) is 1. The molecule has 3 rings (SSSR count). The molecule has 1 aromatic heterocycles. The van der Waals surface area contributed by atoms with Crippen molar-refractivity contribution in [2.75, 3.05) is 19.4 Å². The number of thiazole rings is 1. The molecule has 0 unspecified atom stereocenters. The molecule has 0 atom stereocenters. The first-order valence-electron chi connectivity index (χ1n) is 9.08. The molecule has 3 aromatic rings. The predicted octanol–water partition coefficient (Wildman–Crippen LogP) is 4.89. The normalized spacial score (nSPS) is 11.7. The van der Waals surface area contributed by atoms with Gasteiger partial charge in [-0.2, -0.15) is 0 Å². The van der Waals surface area contributed by atoms with Crippen LogP contribution in [0.3, 0.4) is 0 Å². The molecule has 30 heavy (non-hydrogen) atoms. The number of carbonyl (C=O) groups is 1. The van der Waals surface area contributed by atoms with Gasteiger partial charge in [0, 0.05) is 30.6 Å². The van der Waals surface area contributed by atoms with E-state index in [1.165, 1.54) is 54.8 Å². The molecule has 0 radical (unpaired) electrons. The molecular formula is C21H22ClN3O3S2. The van der Waals surface area contributed by atoms with Gasteiger partial charge in [0.2, 0.25) is 10.0 Å². The van der Waals surface area contributed by atoms with Crippen LogP contribution >= 0.6 is 22.9 Å². The Kier molecular flexibility index (Phi) is 6.33. The number of amides is 1. The first kappa shape index (κ1) is 22.4. The summed E-state index contributed by atoms with van der Waals surface area (Å²) in [6.45, 7) is 6.14. The van der Waals surface area contributed by atoms with E-state index in [0.29, 0.717) is 5.13 Å². The fourth-order valence-corrected chi connectivity index (χ4v) is 5.00. The number of carbonyl (C=O) groups excluding carboxylic acids is 1. The number of nitrogens with zero attached hydrogens (tertiary/aromatic N) is 2. The Morgan fingerprint density at radius 1 is 1.07 bits per heavy atom. The van der Waals surface area contributed by atoms with E-state index in [-0.39, 0.29) is 15.5 Å². The second kappa shape index (κ2) is 8.47. The highest BCUT2D eigenvalue weighted by Gasteiger charge is 2.23. The third-order valence-electron chi connectivity index (χ3n) is 4.79. The number of halogens is 1. The minimum absolute atomic E-state index is 0.0574. The highest BCUT2D eigenvalue weighted by Crippen LogP contribution is 2.30. The van der Waals surface area contributed by atoms with Gasteiger partial charge >= 0.3 is 0 Å². The molecule has 0 saturated carbocycles. The molecule has 158 valence electrons. The van der Waals surface area contributed by atoms with E-state index in [1.54, 1.807) is 0 Å². The Hall–Kier alpha value is -2.26. The second-order valence-electron chi connectivity index (χ2n) is 7.18. The van der Waals surface area contributed by atoms with Gasteiger partial charge in [0.25, 0.3) is 5.91 Å². The van der Waals surface area contributed by atoms with Gasteiger partial charge in [-0.05, 0) is 61.7 Å². The van der Waals surface area contributed by atoms with Gasteiger partial charge in [-0.3, -0.25) is 10.1 Å². The summed E-state index contributed by atoms with van der Waals surface area (Å²) in [6, 6.07) is 8.35. The number of sulfonamides is 1. The monoisotopic (exact) mass is 463 g/mol. The van der Waals surface area contributed by atoms with Crippen LogP contribution < -0.4 is 5.32 Å². The van der Waals surface area contributed by atoms with Crippen LogP contribution in [0, 0.1) is 20.8 Å². The van der Waals surface area contributed by atoms with Crippen LogP contribution in [0.25, 0.3) is 11.3 Å². The zero-order valence-corrected chi connectivity index (χ0v) is 19.7. The van der Waals surface area contributed by atoms with Gasteiger partial charge in [0.1, 0.15) is 4.90 Å². The number of anilines is 1. The fourth-order valence-electron chi connectivity index (χ4n) is 2.90. The third-order valence-corrected chi connectivity index (χ3v) is 7.85. The van der Waals surface area contributed by atoms with Gasteiger partial charge in [0.05, 0.1) is 10.7 Å². The highest BCUT2D eigenvalue weighted by atomic mass is 35.5. The van der Waals surface area contributed by atoms with Crippen molar-refractivity contribution in [2.24, 2.45) is 0 Å². The summed E-state index contributed by atoms with van der Waals surface area (Å²) in [5.41, 5.74) is 5.47. The number of hydrogen-bond acceptors (Lipinski definition) is 5. The first-order valence-corrected chi connectivity index (χ1v) is 11.8. The van der Waals surface area contributed by atoms with Gasteiger partial charge in [-0.25, -0.2) is 17.7 Å². The minimum atomic E-state index is -3.77. The van der Waals surface area contributed by atoms with Crippen molar-refractivity contribution in [3.63, 3.8) is 0 Å². The maximum absolute atomic E-state index is 12.7. The number of benzene rings is 2. The molecule has 0 aliphatic carbocycles. The maximum Gasteiger partial charge on any atom is 0.257 e. The lowest BCUT2D eigenvalue weighted by Gasteiger charge is -2.13. The Labute approximate surface area is 185 Å². The molecule has 0 saturated heterocycles. The number of aryl methyl sites for hydroxylation is 3. The standard InChI is InChI=1S/C21H22ClN3O3S2/c1-12-8-14(3)16(9-13(12)2)18-11-29-21(23-18)24-20(26)15-6-7-17(22)19(10-15)30(27,28)25(4)5/h6-11H,1-5H3,(H,23,24,26). The molecule has 2 aromatic carbocycles. The molecule has 0 bridgehead atoms. The molecule has 0 aliphatic rings. The van der Waals surface area contributed by atoms with E-state index in [0.717, 1.165) is 21.1 Å². The summed E-state index contributed by atoms with van der Waals surface area (Å²) in [5, 5.41) is 5.11. The smallest absolute Gasteiger partial charge is 0.257 e. The van der Waals surface area contributed by atoms with E-state index in [2.05, 4.69) is 29.4 Å². The number of rotatable bonds is 5. The van der Waals surface area contributed by atoms with Crippen LogP contribution in [0.5, 0.6) is 0 Å². The molecule has 9 heteroatoms. The average molecular weight is 464 g/mol. The van der Waals surface area contributed by atoms with Crippen molar-refractivity contribution in [2.45, 2.75) is 25.7 Å². The van der Waals surface area contributed by atoms with Crippen LogP contribution in [-0.2, 0) is 10.0 Å². The SMILES string of the molecule is Cc1cc(C)c(-c2csc(NC(=O)c3ccc(Cl)c(S(=O)(=O)N(C)C)c3)n2)cc1C. The van der Waals surface area contributed by atoms with E-state index in [4.69, 9.17) is 11.6 Å². The highest BCUT2D eigenvalue weighted by molar-refractivity contribution is 7.89. The van der Waals surface area contributed by atoms with E-state index in [9.17, 15) is 13.2 Å². The number of aromatic nitrogens is 1. The molecular weight excluding hydrogens is 442 g/mol. The summed E-state index contributed by atoms with van der Waals surface area (Å²) in [7, 11) is -0.958. The summed E-state index contributed by atoms with van der Waals surface area (Å²) >= 11 is 7.36. The predicted molar refractivity (Wildman–Crippen MR) is 122 cm³/mol. The summed E-state index contributed by atoms with van der Waals surface area (Å²) in [4.78, 5) is 17.1. The van der Waals surface area contributed by atoms with E-state index < -0.39 is 15.9 Å². The molecule has 0 aliphatic heterocycles. The molecule has 1 heterocycles. The lowest BCUT2D eigenvalue weighted by Crippen LogP contribution is -2.23. The van der Waals surface area contributed by atoms with Crippen LogP contribution in [0.15, 0.2) is 40.6 Å². The fraction of sp³-hybridized carbons (Fsp3) is 0.238. The Balaban J connectivity index is 1.87. The lowest BCUT2D eigenvalue weighted by molar-refractivity contribution is 0.102. The van der Waals surface area contributed by atoms with Gasteiger partial charge in [0.15, 0.2) is 5.13 Å². The molecule has 0 spiro atoms. The molecule has 1 amide bonds. The van der Waals surface area contributed by atoms with Crippen LogP contribution in [0.4, 0.5) is 5.13 Å². The summed E-state index contributed by atoms with van der Waals surface area (Å²) < 4.78 is 25.9. The average Bonchev–Trinajstić information content (AvgIpc) is 3.12.